The highest BCUT2D eigenvalue weighted by Gasteiger charge is 2.08. The van der Waals surface area contributed by atoms with E-state index in [1.807, 2.05) is 0 Å². The molecule has 1 rings (SSSR count). The summed E-state index contributed by atoms with van der Waals surface area (Å²) in [6.07, 6.45) is 0.865. The third-order valence-corrected chi connectivity index (χ3v) is 2.08. The number of benzene rings is 1. The summed E-state index contributed by atoms with van der Waals surface area (Å²) < 4.78 is 13.2. The van der Waals surface area contributed by atoms with Crippen LogP contribution in [0.25, 0.3) is 6.08 Å². The van der Waals surface area contributed by atoms with Crippen LogP contribution >= 0.6 is 15.9 Å². The van der Waals surface area contributed by atoms with Gasteiger partial charge in [-0.05, 0) is 11.6 Å². The minimum absolute atomic E-state index is 0.441. The minimum Gasteiger partial charge on any atom is -0.256 e. The predicted octanol–water partition coefficient (Wildman–Crippen LogP) is 2.99. The van der Waals surface area contributed by atoms with Gasteiger partial charge in [-0.25, -0.2) is 0 Å². The zero-order valence-corrected chi connectivity index (χ0v) is 7.99. The zero-order valence-electron chi connectivity index (χ0n) is 6.41. The fourth-order valence-corrected chi connectivity index (χ4v) is 1.17. The number of hydrogen-bond donors (Lipinski definition) is 0. The molecule has 0 bridgehead atoms. The van der Waals surface area contributed by atoms with Gasteiger partial charge in [-0.3, -0.25) is 10.1 Å². The number of hydrogen-bond acceptors (Lipinski definition) is 2. The van der Waals surface area contributed by atoms with Crippen molar-refractivity contribution in [1.82, 2.24) is 0 Å². The highest BCUT2D eigenvalue weighted by Crippen LogP contribution is 2.19. The normalized spacial score (nSPS) is 11.4. The average molecular weight is 246 g/mol. The first-order valence-electron chi connectivity index (χ1n) is 3.37. The molecule has 0 atom stereocenters. The standard InChI is InChI=1S/C8H5BrFNO2/c9-7-4-2-1-3-6(7)5-8(10)11(12)13/h1-5H. The average Bonchev–Trinajstić information content (AvgIpc) is 2.08. The Kier molecular flexibility index (Phi) is 3.13. The minimum atomic E-state index is -1.37. The van der Waals surface area contributed by atoms with Gasteiger partial charge < -0.3 is 0 Å². The predicted molar refractivity (Wildman–Crippen MR) is 50.2 cm³/mol. The first-order valence-corrected chi connectivity index (χ1v) is 4.16. The fraction of sp³-hybridized carbons (Fsp3) is 0. The maximum atomic E-state index is 12.5. The van der Waals surface area contributed by atoms with Gasteiger partial charge >= 0.3 is 5.95 Å². The molecular formula is C8H5BrFNO2. The van der Waals surface area contributed by atoms with E-state index in [9.17, 15) is 14.5 Å². The van der Waals surface area contributed by atoms with Crippen molar-refractivity contribution in [2.45, 2.75) is 0 Å². The summed E-state index contributed by atoms with van der Waals surface area (Å²) in [5, 5.41) is 9.96. The molecule has 0 amide bonds. The van der Waals surface area contributed by atoms with Crippen molar-refractivity contribution < 1.29 is 9.31 Å². The smallest absolute Gasteiger partial charge is 0.256 e. The van der Waals surface area contributed by atoms with Crippen molar-refractivity contribution in [2.24, 2.45) is 0 Å². The second kappa shape index (κ2) is 4.13. The lowest BCUT2D eigenvalue weighted by molar-refractivity contribution is -0.445. The molecule has 0 saturated heterocycles. The Morgan fingerprint density at radius 1 is 1.54 bits per heavy atom. The number of halogens is 2. The number of nitrogens with zero attached hydrogens (tertiary/aromatic N) is 1. The van der Waals surface area contributed by atoms with Gasteiger partial charge in [-0.2, -0.15) is 0 Å². The molecule has 0 heterocycles. The van der Waals surface area contributed by atoms with Gasteiger partial charge in [-0.1, -0.05) is 34.1 Å². The lowest BCUT2D eigenvalue weighted by Crippen LogP contribution is -1.91. The van der Waals surface area contributed by atoms with Crippen LogP contribution < -0.4 is 0 Å². The summed E-state index contributed by atoms with van der Waals surface area (Å²) in [6, 6.07) is 6.67. The highest BCUT2D eigenvalue weighted by molar-refractivity contribution is 9.10. The molecular weight excluding hydrogens is 241 g/mol. The molecule has 0 aliphatic rings. The number of rotatable bonds is 2. The Balaban J connectivity index is 3.04. The van der Waals surface area contributed by atoms with Crippen LogP contribution in [-0.4, -0.2) is 4.92 Å². The summed E-state index contributed by atoms with van der Waals surface area (Å²) in [4.78, 5) is 8.89. The van der Waals surface area contributed by atoms with Crippen molar-refractivity contribution in [1.29, 1.82) is 0 Å². The van der Waals surface area contributed by atoms with E-state index in [4.69, 9.17) is 0 Å². The quantitative estimate of drug-likeness (QED) is 0.457. The van der Waals surface area contributed by atoms with Crippen LogP contribution in [0.5, 0.6) is 0 Å². The largest absolute Gasteiger partial charge is 0.419 e. The maximum Gasteiger partial charge on any atom is 0.419 e. The third-order valence-electron chi connectivity index (χ3n) is 1.35. The van der Waals surface area contributed by atoms with E-state index in [0.29, 0.717) is 10.0 Å². The van der Waals surface area contributed by atoms with Gasteiger partial charge in [0.1, 0.15) is 0 Å². The van der Waals surface area contributed by atoms with Gasteiger partial charge in [0.2, 0.25) is 0 Å². The summed E-state index contributed by atoms with van der Waals surface area (Å²) in [6.45, 7) is 0. The SMILES string of the molecule is O=[N+]([O-])C(F)=Cc1ccccc1Br. The molecule has 68 valence electrons. The molecule has 13 heavy (non-hydrogen) atoms. The summed E-state index contributed by atoms with van der Waals surface area (Å²) in [5.41, 5.74) is 0.441. The van der Waals surface area contributed by atoms with E-state index in [1.54, 1.807) is 24.3 Å². The Labute approximate surface area is 82.2 Å². The first-order chi connectivity index (χ1) is 6.11. The lowest BCUT2D eigenvalue weighted by atomic mass is 10.2. The summed E-state index contributed by atoms with van der Waals surface area (Å²) in [5.74, 6) is -1.37. The molecule has 0 aliphatic heterocycles. The van der Waals surface area contributed by atoms with Gasteiger partial charge in [0.25, 0.3) is 0 Å². The molecule has 1 aromatic carbocycles. The zero-order chi connectivity index (χ0) is 9.84. The molecule has 0 radical (unpaired) electrons. The third kappa shape index (κ3) is 2.62. The topological polar surface area (TPSA) is 43.1 Å². The van der Waals surface area contributed by atoms with Crippen molar-refractivity contribution in [2.75, 3.05) is 0 Å². The van der Waals surface area contributed by atoms with Crippen LogP contribution in [-0.2, 0) is 0 Å². The van der Waals surface area contributed by atoms with Crippen molar-refractivity contribution in [3.05, 3.63) is 50.4 Å². The molecule has 0 saturated carbocycles. The van der Waals surface area contributed by atoms with Gasteiger partial charge in [0.15, 0.2) is 0 Å². The van der Waals surface area contributed by atoms with E-state index < -0.39 is 10.9 Å². The Bertz CT molecular complexity index is 365. The van der Waals surface area contributed by atoms with Crippen LogP contribution in [0.3, 0.4) is 0 Å². The summed E-state index contributed by atoms with van der Waals surface area (Å²) in [7, 11) is 0. The first kappa shape index (κ1) is 9.85. The van der Waals surface area contributed by atoms with Crippen LogP contribution in [0.1, 0.15) is 5.56 Å². The maximum absolute atomic E-state index is 12.5. The Morgan fingerprint density at radius 2 is 2.15 bits per heavy atom. The molecule has 0 aliphatic carbocycles. The van der Waals surface area contributed by atoms with E-state index in [-0.39, 0.29) is 0 Å². The van der Waals surface area contributed by atoms with Gasteiger partial charge in [-0.15, -0.1) is 4.39 Å². The monoisotopic (exact) mass is 245 g/mol. The number of nitro groups is 1. The molecule has 0 N–H and O–H groups in total. The molecule has 0 fully saturated rings. The molecule has 0 aromatic heterocycles. The highest BCUT2D eigenvalue weighted by atomic mass is 79.9. The molecule has 1 aromatic rings. The molecule has 0 unspecified atom stereocenters. The van der Waals surface area contributed by atoms with Gasteiger partial charge in [0, 0.05) is 4.47 Å². The van der Waals surface area contributed by atoms with Crippen molar-refractivity contribution >= 4 is 22.0 Å². The van der Waals surface area contributed by atoms with E-state index in [0.717, 1.165) is 6.08 Å². The van der Waals surface area contributed by atoms with E-state index in [1.165, 1.54) is 0 Å². The summed E-state index contributed by atoms with van der Waals surface area (Å²) >= 11 is 3.14. The van der Waals surface area contributed by atoms with Crippen LogP contribution in [0.2, 0.25) is 0 Å². The van der Waals surface area contributed by atoms with Crippen molar-refractivity contribution in [3.8, 4) is 0 Å². The van der Waals surface area contributed by atoms with Gasteiger partial charge in [0.05, 0.1) is 11.0 Å². The fourth-order valence-electron chi connectivity index (χ4n) is 0.773. The lowest BCUT2D eigenvalue weighted by Gasteiger charge is -1.94. The Morgan fingerprint density at radius 3 is 2.69 bits per heavy atom. The molecule has 5 heteroatoms. The second-order valence-electron chi connectivity index (χ2n) is 2.25. The van der Waals surface area contributed by atoms with Crippen LogP contribution in [0.15, 0.2) is 34.7 Å². The van der Waals surface area contributed by atoms with E-state index >= 15 is 0 Å². The van der Waals surface area contributed by atoms with Crippen LogP contribution in [0.4, 0.5) is 4.39 Å². The van der Waals surface area contributed by atoms with Crippen LogP contribution in [0, 0.1) is 10.1 Å². The molecule has 0 spiro atoms. The van der Waals surface area contributed by atoms with E-state index in [2.05, 4.69) is 15.9 Å². The second-order valence-corrected chi connectivity index (χ2v) is 3.10. The Hall–Kier alpha value is -1.23. The van der Waals surface area contributed by atoms with Crippen molar-refractivity contribution in [3.63, 3.8) is 0 Å². The molecule has 3 nitrogen and oxygen atoms in total.